The Labute approximate surface area is 189 Å². The third kappa shape index (κ3) is 5.65. The Hall–Kier alpha value is -2.65. The number of hydrogen-bond donors (Lipinski definition) is 0. The van der Waals surface area contributed by atoms with Crippen molar-refractivity contribution >= 4 is 5.91 Å². The van der Waals surface area contributed by atoms with Crippen LogP contribution in [0.25, 0.3) is 0 Å². The van der Waals surface area contributed by atoms with Crippen LogP contribution in [0.3, 0.4) is 0 Å². The predicted molar refractivity (Wildman–Crippen MR) is 113 cm³/mol. The zero-order valence-corrected chi connectivity index (χ0v) is 18.1. The molecule has 9 heteroatoms. The molecule has 33 heavy (non-hydrogen) atoms. The van der Waals surface area contributed by atoms with Crippen LogP contribution in [-0.4, -0.2) is 61.5 Å². The maximum Gasteiger partial charge on any atom is 0.573 e. The highest BCUT2D eigenvalue weighted by Gasteiger charge is 2.44. The quantitative estimate of drug-likeness (QED) is 0.622. The van der Waals surface area contributed by atoms with Gasteiger partial charge in [0.1, 0.15) is 11.6 Å². The number of piperazine rings is 1. The molecular formula is C24H26F4N2O3. The third-order valence-electron chi connectivity index (χ3n) is 6.36. The molecule has 0 atom stereocenters. The summed E-state index contributed by atoms with van der Waals surface area (Å²) in [5.41, 5.74) is 0.779. The molecule has 4 rings (SSSR count). The van der Waals surface area contributed by atoms with Gasteiger partial charge < -0.3 is 14.4 Å². The number of carbonyl (C=O) groups excluding carboxylic acids is 1. The second-order valence-corrected chi connectivity index (χ2v) is 8.46. The maximum atomic E-state index is 13.9. The van der Waals surface area contributed by atoms with Crippen LogP contribution < -0.4 is 4.74 Å². The minimum absolute atomic E-state index is 0.00435. The maximum absolute atomic E-state index is 13.9. The first-order chi connectivity index (χ1) is 15.7. The number of rotatable bonds is 5. The van der Waals surface area contributed by atoms with E-state index in [9.17, 15) is 22.4 Å². The van der Waals surface area contributed by atoms with Gasteiger partial charge in [-0.05, 0) is 48.2 Å². The molecule has 2 heterocycles. The number of amides is 1. The molecule has 5 nitrogen and oxygen atoms in total. The molecule has 2 aromatic rings. The molecule has 2 aliphatic rings. The third-order valence-corrected chi connectivity index (χ3v) is 6.36. The lowest BCUT2D eigenvalue weighted by Gasteiger charge is -2.43. The lowest BCUT2D eigenvalue weighted by molar-refractivity contribution is -0.274. The molecule has 2 saturated heterocycles. The van der Waals surface area contributed by atoms with Gasteiger partial charge in [0.2, 0.25) is 5.91 Å². The monoisotopic (exact) mass is 466 g/mol. The second-order valence-electron chi connectivity index (χ2n) is 8.46. The van der Waals surface area contributed by atoms with E-state index in [-0.39, 0.29) is 17.5 Å². The molecule has 178 valence electrons. The Bertz CT molecular complexity index is 951. The summed E-state index contributed by atoms with van der Waals surface area (Å²) in [7, 11) is 0. The van der Waals surface area contributed by atoms with E-state index in [0.29, 0.717) is 64.3 Å². The Morgan fingerprint density at radius 3 is 2.27 bits per heavy atom. The van der Waals surface area contributed by atoms with Gasteiger partial charge >= 0.3 is 6.36 Å². The van der Waals surface area contributed by atoms with Crippen LogP contribution in [0.5, 0.6) is 5.75 Å². The summed E-state index contributed by atoms with van der Waals surface area (Å²) in [6.07, 6.45) is -3.68. The van der Waals surface area contributed by atoms with Gasteiger partial charge in [-0.25, -0.2) is 4.39 Å². The smallest absolute Gasteiger partial charge is 0.406 e. The van der Waals surface area contributed by atoms with Crippen LogP contribution in [0.15, 0.2) is 48.5 Å². The molecule has 0 bridgehead atoms. The first kappa shape index (κ1) is 23.5. The summed E-state index contributed by atoms with van der Waals surface area (Å²) in [5, 5.41) is 0. The van der Waals surface area contributed by atoms with Crippen LogP contribution in [0, 0.1) is 5.82 Å². The molecule has 2 aliphatic heterocycles. The zero-order valence-electron chi connectivity index (χ0n) is 18.1. The van der Waals surface area contributed by atoms with Gasteiger partial charge in [0.15, 0.2) is 0 Å². The summed E-state index contributed by atoms with van der Waals surface area (Å²) in [5.74, 6) is -0.604. The van der Waals surface area contributed by atoms with Crippen LogP contribution in [-0.2, 0) is 21.5 Å². The first-order valence-electron chi connectivity index (χ1n) is 11.0. The van der Waals surface area contributed by atoms with Crippen molar-refractivity contribution in [2.75, 3.05) is 39.4 Å². The number of nitrogens with zero attached hydrogens (tertiary/aromatic N) is 2. The highest BCUT2D eigenvalue weighted by molar-refractivity contribution is 5.88. The summed E-state index contributed by atoms with van der Waals surface area (Å²) < 4.78 is 60.3. The molecule has 0 saturated carbocycles. The van der Waals surface area contributed by atoms with E-state index in [0.717, 1.165) is 5.56 Å². The molecule has 0 spiro atoms. The van der Waals surface area contributed by atoms with Crippen molar-refractivity contribution in [1.29, 1.82) is 0 Å². The van der Waals surface area contributed by atoms with Crippen LogP contribution in [0.1, 0.15) is 24.0 Å². The number of carbonyl (C=O) groups is 1. The number of benzene rings is 2. The lowest BCUT2D eigenvalue weighted by Crippen LogP contribution is -2.55. The number of ether oxygens (including phenoxy) is 2. The van der Waals surface area contributed by atoms with Gasteiger partial charge in [0.05, 0.1) is 5.41 Å². The van der Waals surface area contributed by atoms with E-state index in [1.54, 1.807) is 18.2 Å². The minimum Gasteiger partial charge on any atom is -0.406 e. The lowest BCUT2D eigenvalue weighted by atomic mass is 9.73. The zero-order chi connectivity index (χ0) is 23.5. The fraction of sp³-hybridized carbons (Fsp3) is 0.458. The predicted octanol–water partition coefficient (Wildman–Crippen LogP) is 4.12. The second kappa shape index (κ2) is 9.69. The minimum atomic E-state index is -4.71. The van der Waals surface area contributed by atoms with Gasteiger partial charge in [-0.3, -0.25) is 9.69 Å². The van der Waals surface area contributed by atoms with E-state index in [2.05, 4.69) is 9.64 Å². The number of alkyl halides is 3. The van der Waals surface area contributed by atoms with E-state index >= 15 is 0 Å². The van der Waals surface area contributed by atoms with Gasteiger partial charge in [0.25, 0.3) is 0 Å². The van der Waals surface area contributed by atoms with Gasteiger partial charge in [0, 0.05) is 45.9 Å². The Balaban J connectivity index is 1.38. The summed E-state index contributed by atoms with van der Waals surface area (Å²) in [6, 6.07) is 12.1. The Morgan fingerprint density at radius 1 is 1.00 bits per heavy atom. The van der Waals surface area contributed by atoms with E-state index in [4.69, 9.17) is 4.74 Å². The molecule has 2 fully saturated rings. The van der Waals surface area contributed by atoms with Crippen molar-refractivity contribution in [1.82, 2.24) is 9.80 Å². The van der Waals surface area contributed by atoms with Crippen molar-refractivity contribution in [3.63, 3.8) is 0 Å². The molecule has 0 N–H and O–H groups in total. The van der Waals surface area contributed by atoms with Crippen LogP contribution >= 0.6 is 0 Å². The van der Waals surface area contributed by atoms with Crippen molar-refractivity contribution in [2.24, 2.45) is 0 Å². The van der Waals surface area contributed by atoms with E-state index in [1.165, 1.54) is 24.3 Å². The van der Waals surface area contributed by atoms with E-state index in [1.807, 2.05) is 11.0 Å². The number of halogens is 4. The molecular weight excluding hydrogens is 440 g/mol. The fourth-order valence-electron chi connectivity index (χ4n) is 4.60. The highest BCUT2D eigenvalue weighted by atomic mass is 19.4. The van der Waals surface area contributed by atoms with E-state index < -0.39 is 11.8 Å². The molecule has 0 aliphatic carbocycles. The Kier molecular flexibility index (Phi) is 6.90. The fourth-order valence-corrected chi connectivity index (χ4v) is 4.60. The molecule has 0 radical (unpaired) electrons. The standard InChI is InChI=1S/C24H26F4N2O3/c25-20-3-1-2-19(16-20)23(8-14-32-15-9-23)22(31)30-12-10-29(11-13-30)17-18-4-6-21(7-5-18)33-24(26,27)28/h1-7,16H,8-15,17H2. The SMILES string of the molecule is O=C(N1CCN(Cc2ccc(OC(F)(F)F)cc2)CC1)C1(c2cccc(F)c2)CCOCC1. The molecule has 0 aromatic heterocycles. The summed E-state index contributed by atoms with van der Waals surface area (Å²) in [4.78, 5) is 17.6. The van der Waals surface area contributed by atoms with Gasteiger partial charge in [-0.2, -0.15) is 0 Å². The molecule has 0 unspecified atom stereocenters. The van der Waals surface area contributed by atoms with Gasteiger partial charge in [-0.1, -0.05) is 24.3 Å². The molecule has 1 amide bonds. The number of hydrogen-bond acceptors (Lipinski definition) is 4. The van der Waals surface area contributed by atoms with Crippen molar-refractivity contribution in [3.05, 3.63) is 65.5 Å². The first-order valence-corrected chi connectivity index (χ1v) is 11.0. The average molecular weight is 466 g/mol. The largest absolute Gasteiger partial charge is 0.573 e. The summed E-state index contributed by atoms with van der Waals surface area (Å²) in [6.45, 7) is 3.83. The van der Waals surface area contributed by atoms with Crippen LogP contribution in [0.4, 0.5) is 17.6 Å². The summed E-state index contributed by atoms with van der Waals surface area (Å²) >= 11 is 0. The topological polar surface area (TPSA) is 42.0 Å². The highest BCUT2D eigenvalue weighted by Crippen LogP contribution is 2.37. The van der Waals surface area contributed by atoms with Crippen molar-refractivity contribution < 1.29 is 31.8 Å². The Morgan fingerprint density at radius 2 is 1.67 bits per heavy atom. The van der Waals surface area contributed by atoms with Crippen LogP contribution in [0.2, 0.25) is 0 Å². The van der Waals surface area contributed by atoms with Crippen molar-refractivity contribution in [2.45, 2.75) is 31.2 Å². The average Bonchev–Trinajstić information content (AvgIpc) is 2.80. The van der Waals surface area contributed by atoms with Crippen molar-refractivity contribution in [3.8, 4) is 5.75 Å². The normalized spacial score (nSPS) is 19.3. The molecule has 2 aromatic carbocycles. The van der Waals surface area contributed by atoms with Gasteiger partial charge in [-0.15, -0.1) is 13.2 Å².